The molecule has 0 atom stereocenters. The van der Waals surface area contributed by atoms with Crippen LogP contribution in [0.4, 0.5) is 0 Å². The van der Waals surface area contributed by atoms with Gasteiger partial charge in [0.25, 0.3) is 0 Å². The van der Waals surface area contributed by atoms with Gasteiger partial charge in [0.05, 0.1) is 0 Å². The Labute approximate surface area is 120 Å². The van der Waals surface area contributed by atoms with E-state index in [9.17, 15) is 9.59 Å². The van der Waals surface area contributed by atoms with E-state index in [0.29, 0.717) is 5.75 Å². The molecule has 1 aromatic rings. The first-order valence-electron chi connectivity index (χ1n) is 5.87. The molecule has 0 aliphatic carbocycles. The molecular formula is C13H17IO5. The van der Waals surface area contributed by atoms with Crippen LogP contribution in [0.3, 0.4) is 0 Å². The molecule has 0 bridgehead atoms. The molecule has 0 saturated heterocycles. The normalized spacial score (nSPS) is 10.6. The summed E-state index contributed by atoms with van der Waals surface area (Å²) in [5, 5.41) is 0. The van der Waals surface area contributed by atoms with Gasteiger partial charge in [-0.3, -0.25) is 0 Å². The van der Waals surface area contributed by atoms with Crippen LogP contribution in [0.1, 0.15) is 26.7 Å². The van der Waals surface area contributed by atoms with Crippen LogP contribution in [0, 0.1) is 3.57 Å². The summed E-state index contributed by atoms with van der Waals surface area (Å²) >= 11 is -2.72. The molecule has 0 aromatic heterocycles. The van der Waals surface area contributed by atoms with Crippen molar-refractivity contribution >= 4 is 32.6 Å². The van der Waals surface area contributed by atoms with Crippen LogP contribution in [0.5, 0.6) is 5.75 Å². The van der Waals surface area contributed by atoms with E-state index in [2.05, 4.69) is 0 Å². The van der Waals surface area contributed by atoms with E-state index in [1.54, 1.807) is 45.2 Å². The number of carbonyl (C=O) groups excluding carboxylic acids is 2. The molecule has 106 valence electrons. The zero-order valence-corrected chi connectivity index (χ0v) is 13.3. The molecule has 1 rings (SSSR count). The summed E-state index contributed by atoms with van der Waals surface area (Å²) < 4.78 is 16.3. The molecule has 0 N–H and O–H groups in total. The number of rotatable bonds is 6. The fourth-order valence-corrected chi connectivity index (χ4v) is 4.10. The van der Waals surface area contributed by atoms with Crippen molar-refractivity contribution in [1.29, 1.82) is 0 Å². The van der Waals surface area contributed by atoms with Crippen LogP contribution in [0.2, 0.25) is 0 Å². The third kappa shape index (κ3) is 5.06. The third-order valence-corrected chi connectivity index (χ3v) is 5.64. The van der Waals surface area contributed by atoms with Gasteiger partial charge in [-0.25, -0.2) is 0 Å². The Bertz CT molecular complexity index is 411. The van der Waals surface area contributed by atoms with E-state index in [-0.39, 0.29) is 24.8 Å². The van der Waals surface area contributed by atoms with E-state index in [1.807, 2.05) is 0 Å². The van der Waals surface area contributed by atoms with Crippen LogP contribution in [0.15, 0.2) is 24.3 Å². The second-order valence-electron chi connectivity index (χ2n) is 3.48. The van der Waals surface area contributed by atoms with Crippen molar-refractivity contribution in [3.05, 3.63) is 27.8 Å². The summed E-state index contributed by atoms with van der Waals surface area (Å²) in [6.07, 6.45) is 0.515. The fourth-order valence-electron chi connectivity index (χ4n) is 1.04. The van der Waals surface area contributed by atoms with Crippen molar-refractivity contribution < 1.29 is 20.5 Å². The number of hydrogen-bond donors (Lipinski definition) is 0. The summed E-state index contributed by atoms with van der Waals surface area (Å²) in [5.41, 5.74) is 0. The molecule has 0 heterocycles. The van der Waals surface area contributed by atoms with Gasteiger partial charge >= 0.3 is 120 Å². The molecule has 0 aliphatic rings. The van der Waals surface area contributed by atoms with Gasteiger partial charge in [-0.05, 0) is 0 Å². The summed E-state index contributed by atoms with van der Waals surface area (Å²) in [7, 11) is 1.57. The van der Waals surface area contributed by atoms with Crippen LogP contribution in [0.25, 0.3) is 0 Å². The van der Waals surface area contributed by atoms with Crippen molar-refractivity contribution in [2.45, 2.75) is 26.7 Å². The topological polar surface area (TPSA) is 61.8 Å². The maximum absolute atomic E-state index is 11.4. The van der Waals surface area contributed by atoms with Gasteiger partial charge in [-0.1, -0.05) is 0 Å². The Kier molecular flexibility index (Phi) is 6.61. The van der Waals surface area contributed by atoms with Crippen molar-refractivity contribution in [3.8, 4) is 5.75 Å². The van der Waals surface area contributed by atoms with Crippen LogP contribution < -0.4 is 4.74 Å². The molecule has 0 unspecified atom stereocenters. The fraction of sp³-hybridized carbons (Fsp3) is 0.385. The van der Waals surface area contributed by atoms with Gasteiger partial charge in [0.2, 0.25) is 0 Å². The summed E-state index contributed by atoms with van der Waals surface area (Å²) in [6, 6.07) is 7.02. The Balaban J connectivity index is 2.86. The minimum absolute atomic E-state index is 0.258. The van der Waals surface area contributed by atoms with Crippen molar-refractivity contribution in [2.75, 3.05) is 7.11 Å². The van der Waals surface area contributed by atoms with Gasteiger partial charge < -0.3 is 0 Å². The molecule has 0 saturated carbocycles. The number of halogens is 1. The first kappa shape index (κ1) is 15.7. The van der Waals surface area contributed by atoms with E-state index in [0.717, 1.165) is 3.57 Å². The minimum atomic E-state index is -2.72. The zero-order chi connectivity index (χ0) is 14.3. The SMILES string of the molecule is CCC(=O)OI(OC(=O)CC)c1ccc(OC)cc1. The molecule has 19 heavy (non-hydrogen) atoms. The second-order valence-corrected chi connectivity index (χ2v) is 6.85. The maximum atomic E-state index is 11.4. The monoisotopic (exact) mass is 380 g/mol. The van der Waals surface area contributed by atoms with Gasteiger partial charge in [0.1, 0.15) is 0 Å². The summed E-state index contributed by atoms with van der Waals surface area (Å²) in [4.78, 5) is 22.8. The molecule has 6 heteroatoms. The number of ether oxygens (including phenoxy) is 1. The Morgan fingerprint density at radius 2 is 1.47 bits per heavy atom. The molecule has 0 spiro atoms. The molecular weight excluding hydrogens is 363 g/mol. The second kappa shape index (κ2) is 7.98. The van der Waals surface area contributed by atoms with E-state index < -0.39 is 20.6 Å². The number of methoxy groups -OCH3 is 1. The van der Waals surface area contributed by atoms with Gasteiger partial charge in [-0.2, -0.15) is 0 Å². The van der Waals surface area contributed by atoms with Crippen LogP contribution in [-0.4, -0.2) is 19.0 Å². The van der Waals surface area contributed by atoms with Gasteiger partial charge in [0, 0.05) is 0 Å². The average molecular weight is 380 g/mol. The molecule has 0 aliphatic heterocycles. The van der Waals surface area contributed by atoms with Crippen molar-refractivity contribution in [1.82, 2.24) is 0 Å². The van der Waals surface area contributed by atoms with Gasteiger partial charge in [-0.15, -0.1) is 0 Å². The summed E-state index contributed by atoms with van der Waals surface area (Å²) in [6.45, 7) is 3.40. The third-order valence-electron chi connectivity index (χ3n) is 2.12. The number of hydrogen-bond acceptors (Lipinski definition) is 5. The van der Waals surface area contributed by atoms with E-state index in [1.165, 1.54) is 0 Å². The number of benzene rings is 1. The quantitative estimate of drug-likeness (QED) is 0.710. The predicted octanol–water partition coefficient (Wildman–Crippen LogP) is 3.11. The van der Waals surface area contributed by atoms with Crippen LogP contribution >= 0.6 is 20.6 Å². The first-order valence-corrected chi connectivity index (χ1v) is 8.71. The Morgan fingerprint density at radius 3 is 1.84 bits per heavy atom. The zero-order valence-electron chi connectivity index (χ0n) is 11.1. The molecule has 0 radical (unpaired) electrons. The van der Waals surface area contributed by atoms with Crippen molar-refractivity contribution in [3.63, 3.8) is 0 Å². The summed E-state index contributed by atoms with van der Waals surface area (Å²) in [5.74, 6) is -0.0157. The van der Waals surface area contributed by atoms with Crippen molar-refractivity contribution in [2.24, 2.45) is 0 Å². The average Bonchev–Trinajstić information content (AvgIpc) is 2.46. The van der Waals surface area contributed by atoms with E-state index in [4.69, 9.17) is 10.9 Å². The van der Waals surface area contributed by atoms with Crippen LogP contribution in [-0.2, 0) is 15.7 Å². The molecule has 5 nitrogen and oxygen atoms in total. The molecule has 1 aromatic carbocycles. The standard InChI is InChI=1S/C13H17IO5/c1-4-12(15)18-14(19-13(16)5-2)10-6-8-11(17-3)9-7-10/h6-9H,4-5H2,1-3H3. The Hall–Kier alpha value is -1.31. The van der Waals surface area contributed by atoms with Gasteiger partial charge in [0.15, 0.2) is 0 Å². The first-order chi connectivity index (χ1) is 9.10. The predicted molar refractivity (Wildman–Crippen MR) is 78.5 cm³/mol. The van der Waals surface area contributed by atoms with E-state index >= 15 is 0 Å². The Morgan fingerprint density at radius 1 is 1.00 bits per heavy atom. The molecule has 0 amide bonds. The number of carbonyl (C=O) groups is 2. The molecule has 0 fully saturated rings.